The molecule has 0 N–H and O–H groups in total. The summed E-state index contributed by atoms with van der Waals surface area (Å²) in [6.45, 7) is 0. The minimum Gasteiger partial charge on any atom is -0.299 e. The monoisotopic (exact) mass is 134 g/mol. The van der Waals surface area contributed by atoms with E-state index < -0.39 is 0 Å². The van der Waals surface area contributed by atoms with Crippen LogP contribution in [0.4, 0.5) is 0 Å². The maximum absolute atomic E-state index is 11.0. The van der Waals surface area contributed by atoms with Crippen molar-refractivity contribution in [1.82, 2.24) is 0 Å². The summed E-state index contributed by atoms with van der Waals surface area (Å²) >= 11 is 0. The molecular weight excluding hydrogens is 124 g/mol. The smallest absolute Gasteiger partial charge is 0.139 e. The van der Waals surface area contributed by atoms with Crippen LogP contribution in [0.5, 0.6) is 0 Å². The topological polar surface area (TPSA) is 17.1 Å². The number of carbonyl (C=O) groups excluding carboxylic acids is 1. The Kier molecular flexibility index (Phi) is 0.976. The van der Waals surface area contributed by atoms with Crippen molar-refractivity contribution < 1.29 is 4.79 Å². The second kappa shape index (κ2) is 1.63. The molecule has 1 nitrogen and oxygen atoms in total. The first-order valence-electron chi connectivity index (χ1n) is 3.76. The lowest BCUT2D eigenvalue weighted by Crippen LogP contribution is -2.50. The lowest BCUT2D eigenvalue weighted by Gasteiger charge is -2.50. The molecule has 1 spiro atoms. The van der Waals surface area contributed by atoms with E-state index in [1.165, 1.54) is 0 Å². The van der Waals surface area contributed by atoms with E-state index in [2.05, 4.69) is 5.92 Å². The van der Waals surface area contributed by atoms with Crippen molar-refractivity contribution in [2.75, 3.05) is 0 Å². The zero-order valence-electron chi connectivity index (χ0n) is 5.89. The van der Waals surface area contributed by atoms with Gasteiger partial charge in [0.25, 0.3) is 0 Å². The van der Waals surface area contributed by atoms with E-state index in [0.717, 1.165) is 25.7 Å². The first-order chi connectivity index (χ1) is 4.77. The maximum atomic E-state index is 11.0. The van der Waals surface area contributed by atoms with Gasteiger partial charge in [0.15, 0.2) is 0 Å². The third kappa shape index (κ3) is 0.520. The Morgan fingerprint density at radius 1 is 1.60 bits per heavy atom. The van der Waals surface area contributed by atoms with Crippen LogP contribution in [0.15, 0.2) is 0 Å². The van der Waals surface area contributed by atoms with Crippen LogP contribution in [0.25, 0.3) is 0 Å². The van der Waals surface area contributed by atoms with Crippen molar-refractivity contribution in [2.24, 2.45) is 11.3 Å². The van der Waals surface area contributed by atoms with Gasteiger partial charge in [0.1, 0.15) is 5.78 Å². The molecule has 0 radical (unpaired) electrons. The minimum absolute atomic E-state index is 0.0943. The second-order valence-electron chi connectivity index (χ2n) is 3.48. The van der Waals surface area contributed by atoms with Crippen molar-refractivity contribution in [3.63, 3.8) is 0 Å². The van der Waals surface area contributed by atoms with E-state index in [1.54, 1.807) is 0 Å². The fraction of sp³-hybridized carbons (Fsp3) is 0.667. The van der Waals surface area contributed by atoms with Gasteiger partial charge in [0.2, 0.25) is 0 Å². The van der Waals surface area contributed by atoms with Gasteiger partial charge in [0, 0.05) is 17.8 Å². The average Bonchev–Trinajstić information content (AvgIpc) is 1.83. The Hall–Kier alpha value is -0.770. The van der Waals surface area contributed by atoms with Gasteiger partial charge in [-0.15, -0.1) is 12.3 Å². The van der Waals surface area contributed by atoms with E-state index in [9.17, 15) is 4.79 Å². The molecule has 0 bridgehead atoms. The van der Waals surface area contributed by atoms with Crippen molar-refractivity contribution in [3.05, 3.63) is 0 Å². The summed E-state index contributed by atoms with van der Waals surface area (Å²) in [5.74, 6) is 3.56. The van der Waals surface area contributed by atoms with Crippen molar-refractivity contribution >= 4 is 5.78 Å². The van der Waals surface area contributed by atoms with Crippen LogP contribution in [-0.4, -0.2) is 5.78 Å². The molecule has 2 saturated carbocycles. The summed E-state index contributed by atoms with van der Waals surface area (Å²) < 4.78 is 0. The molecular formula is C9H10O. The summed E-state index contributed by atoms with van der Waals surface area (Å²) in [5, 5.41) is 0. The number of ketones is 1. The molecule has 2 aliphatic rings. The highest BCUT2D eigenvalue weighted by Crippen LogP contribution is 2.55. The number of carbonyl (C=O) groups is 1. The Morgan fingerprint density at radius 2 is 2.30 bits per heavy atom. The summed E-state index contributed by atoms with van der Waals surface area (Å²) in [5.41, 5.74) is 0.0943. The minimum atomic E-state index is 0.0943. The molecule has 0 aliphatic heterocycles. The normalized spacial score (nSPS) is 43.9. The van der Waals surface area contributed by atoms with Crippen LogP contribution < -0.4 is 0 Å². The van der Waals surface area contributed by atoms with Gasteiger partial charge in [-0.2, -0.15) is 0 Å². The van der Waals surface area contributed by atoms with Crippen LogP contribution >= 0.6 is 0 Å². The molecule has 52 valence electrons. The number of Topliss-reactive ketones (excluding diaryl/α,β-unsaturated/α-hetero) is 1. The number of hydrogen-bond acceptors (Lipinski definition) is 1. The van der Waals surface area contributed by atoms with E-state index in [0.29, 0.717) is 11.7 Å². The predicted molar refractivity (Wildman–Crippen MR) is 38.2 cm³/mol. The molecule has 0 aromatic carbocycles. The molecule has 0 unspecified atom stereocenters. The Bertz CT molecular complexity index is 215. The van der Waals surface area contributed by atoms with E-state index in [-0.39, 0.29) is 5.41 Å². The van der Waals surface area contributed by atoms with Crippen molar-refractivity contribution in [1.29, 1.82) is 0 Å². The zero-order valence-corrected chi connectivity index (χ0v) is 5.89. The maximum Gasteiger partial charge on any atom is 0.139 e. The van der Waals surface area contributed by atoms with Crippen LogP contribution in [0.2, 0.25) is 0 Å². The third-order valence-corrected chi connectivity index (χ3v) is 2.93. The van der Waals surface area contributed by atoms with Gasteiger partial charge < -0.3 is 0 Å². The highest BCUT2D eigenvalue weighted by atomic mass is 16.1. The molecule has 2 fully saturated rings. The quantitative estimate of drug-likeness (QED) is 0.457. The van der Waals surface area contributed by atoms with Gasteiger partial charge in [0.05, 0.1) is 0 Å². The van der Waals surface area contributed by atoms with E-state index >= 15 is 0 Å². The average molecular weight is 134 g/mol. The zero-order chi connectivity index (χ0) is 7.19. The molecule has 0 aromatic rings. The number of rotatable bonds is 0. The lowest BCUT2D eigenvalue weighted by molar-refractivity contribution is -0.147. The number of terminal acetylenes is 1. The van der Waals surface area contributed by atoms with Gasteiger partial charge >= 0.3 is 0 Å². The highest BCUT2D eigenvalue weighted by Gasteiger charge is 2.54. The van der Waals surface area contributed by atoms with Crippen LogP contribution in [0, 0.1) is 23.7 Å². The van der Waals surface area contributed by atoms with Crippen LogP contribution in [0.3, 0.4) is 0 Å². The van der Waals surface area contributed by atoms with Crippen molar-refractivity contribution in [3.8, 4) is 12.3 Å². The predicted octanol–water partition coefficient (Wildman–Crippen LogP) is 1.38. The Balaban J connectivity index is 2.01. The first-order valence-corrected chi connectivity index (χ1v) is 3.76. The molecule has 10 heavy (non-hydrogen) atoms. The van der Waals surface area contributed by atoms with Gasteiger partial charge in [-0.3, -0.25) is 4.79 Å². The van der Waals surface area contributed by atoms with E-state index in [1.807, 2.05) is 0 Å². The summed E-state index contributed by atoms with van der Waals surface area (Å²) in [7, 11) is 0. The number of hydrogen-bond donors (Lipinski definition) is 0. The summed E-state index contributed by atoms with van der Waals surface area (Å²) in [6.07, 6.45) is 9.07. The van der Waals surface area contributed by atoms with Gasteiger partial charge in [-0.05, 0) is 19.3 Å². The Labute approximate surface area is 60.8 Å². The second-order valence-corrected chi connectivity index (χ2v) is 3.48. The molecule has 0 atom stereocenters. The molecule has 0 heterocycles. The SMILES string of the molecule is C#CC1CC2(CCC2=O)C1. The fourth-order valence-electron chi connectivity index (χ4n) is 2.01. The van der Waals surface area contributed by atoms with Crippen LogP contribution in [0.1, 0.15) is 25.7 Å². The lowest BCUT2D eigenvalue weighted by atomic mass is 9.51. The third-order valence-electron chi connectivity index (χ3n) is 2.93. The van der Waals surface area contributed by atoms with E-state index in [4.69, 9.17) is 6.42 Å². The molecule has 0 saturated heterocycles. The molecule has 0 amide bonds. The van der Waals surface area contributed by atoms with Gasteiger partial charge in [-0.1, -0.05) is 0 Å². The fourth-order valence-corrected chi connectivity index (χ4v) is 2.01. The standard InChI is InChI=1S/C9H10O/c1-2-7-5-9(6-7)4-3-8(9)10/h1,7H,3-6H2. The largest absolute Gasteiger partial charge is 0.299 e. The Morgan fingerprint density at radius 3 is 2.60 bits per heavy atom. The molecule has 1 heteroatoms. The molecule has 0 aromatic heterocycles. The highest BCUT2D eigenvalue weighted by molar-refractivity contribution is 5.91. The van der Waals surface area contributed by atoms with Crippen molar-refractivity contribution in [2.45, 2.75) is 25.7 Å². The van der Waals surface area contributed by atoms with Crippen LogP contribution in [-0.2, 0) is 4.79 Å². The summed E-state index contributed by atoms with van der Waals surface area (Å²) in [6, 6.07) is 0. The summed E-state index contributed by atoms with van der Waals surface area (Å²) in [4.78, 5) is 11.0. The molecule has 2 rings (SSSR count). The molecule has 2 aliphatic carbocycles. The van der Waals surface area contributed by atoms with Gasteiger partial charge in [-0.25, -0.2) is 0 Å². The first kappa shape index (κ1) is 5.97.